The maximum atomic E-state index is 2.44. The van der Waals surface area contributed by atoms with Gasteiger partial charge >= 0.3 is 0 Å². The first-order valence-corrected chi connectivity index (χ1v) is 7.73. The molecule has 0 aromatic heterocycles. The minimum atomic E-state index is 0.785. The fraction of sp³-hybridized carbons (Fsp3) is 0.778. The van der Waals surface area contributed by atoms with E-state index < -0.39 is 0 Å². The molecule has 0 heterocycles. The fourth-order valence-electron chi connectivity index (χ4n) is 1.98. The average Bonchev–Trinajstić information content (AvgIpc) is 2.25. The van der Waals surface area contributed by atoms with Crippen molar-refractivity contribution in [3.8, 4) is 0 Å². The molecule has 0 nitrogen and oxygen atoms in total. The predicted molar refractivity (Wildman–Crippen MR) is 84.9 cm³/mol. The van der Waals surface area contributed by atoms with Gasteiger partial charge in [0.05, 0.1) is 0 Å². The second-order valence-corrected chi connectivity index (χ2v) is 6.56. The number of hydrogen-bond acceptors (Lipinski definition) is 0. The third-order valence-electron chi connectivity index (χ3n) is 3.32. The summed E-state index contributed by atoms with van der Waals surface area (Å²) in [4.78, 5) is 0. The molecule has 0 saturated carbocycles. The Morgan fingerprint density at radius 1 is 0.833 bits per heavy atom. The lowest BCUT2D eigenvalue weighted by molar-refractivity contribution is 0.554. The molecule has 0 aliphatic rings. The topological polar surface area (TPSA) is 0 Å². The molecule has 0 fully saturated rings. The van der Waals surface area contributed by atoms with E-state index in [1.807, 2.05) is 0 Å². The van der Waals surface area contributed by atoms with Crippen LogP contribution in [0.1, 0.15) is 80.1 Å². The molecule has 0 aliphatic heterocycles. The van der Waals surface area contributed by atoms with Gasteiger partial charge in [-0.3, -0.25) is 0 Å². The van der Waals surface area contributed by atoms with Crippen LogP contribution in [0.5, 0.6) is 0 Å². The Morgan fingerprint density at radius 3 is 2.00 bits per heavy atom. The van der Waals surface area contributed by atoms with Crippen LogP contribution >= 0.6 is 0 Å². The Balaban J connectivity index is 3.76. The van der Waals surface area contributed by atoms with Gasteiger partial charge in [-0.1, -0.05) is 57.4 Å². The monoisotopic (exact) mass is 250 g/mol. The Labute approximate surface area is 116 Å². The van der Waals surface area contributed by atoms with Gasteiger partial charge in [-0.25, -0.2) is 0 Å². The summed E-state index contributed by atoms with van der Waals surface area (Å²) in [7, 11) is 0. The molecular formula is C18H34. The lowest BCUT2D eigenvalue weighted by Crippen LogP contribution is -1.88. The summed E-state index contributed by atoms with van der Waals surface area (Å²) in [5, 5.41) is 0. The van der Waals surface area contributed by atoms with Crippen molar-refractivity contribution >= 4 is 0 Å². The van der Waals surface area contributed by atoms with Gasteiger partial charge in [-0.2, -0.15) is 0 Å². The quantitative estimate of drug-likeness (QED) is 0.408. The van der Waals surface area contributed by atoms with Crippen LogP contribution < -0.4 is 0 Å². The van der Waals surface area contributed by atoms with E-state index in [1.165, 1.54) is 38.5 Å². The van der Waals surface area contributed by atoms with Gasteiger partial charge < -0.3 is 0 Å². The first-order chi connectivity index (χ1) is 8.41. The molecule has 0 atom stereocenters. The second kappa shape index (κ2) is 10.4. The molecular weight excluding hydrogens is 216 g/mol. The van der Waals surface area contributed by atoms with Gasteiger partial charge in [-0.15, -0.1) is 0 Å². The van der Waals surface area contributed by atoms with E-state index in [9.17, 15) is 0 Å². The Kier molecular flexibility index (Phi) is 10.1. The zero-order valence-corrected chi connectivity index (χ0v) is 13.6. The molecule has 0 aliphatic carbocycles. The lowest BCUT2D eigenvalue weighted by atomic mass is 10.0. The van der Waals surface area contributed by atoms with E-state index >= 15 is 0 Å². The molecule has 0 radical (unpaired) electrons. The summed E-state index contributed by atoms with van der Waals surface area (Å²) in [5.41, 5.74) is 3.13. The highest BCUT2D eigenvalue weighted by molar-refractivity contribution is 5.03. The highest BCUT2D eigenvalue weighted by atomic mass is 14.0. The maximum absolute atomic E-state index is 2.44. The van der Waals surface area contributed by atoms with Crippen molar-refractivity contribution in [1.29, 1.82) is 0 Å². The normalized spacial score (nSPS) is 13.8. The molecule has 0 heteroatoms. The molecule has 18 heavy (non-hydrogen) atoms. The van der Waals surface area contributed by atoms with E-state index in [1.54, 1.807) is 11.1 Å². The van der Waals surface area contributed by atoms with Crippen molar-refractivity contribution in [1.82, 2.24) is 0 Å². The average molecular weight is 250 g/mol. The highest BCUT2D eigenvalue weighted by Gasteiger charge is 1.96. The van der Waals surface area contributed by atoms with E-state index in [-0.39, 0.29) is 0 Å². The summed E-state index contributed by atoms with van der Waals surface area (Å²) in [5.74, 6) is 1.63. The van der Waals surface area contributed by atoms with E-state index in [2.05, 4.69) is 53.7 Å². The van der Waals surface area contributed by atoms with Crippen LogP contribution in [-0.2, 0) is 0 Å². The van der Waals surface area contributed by atoms with Crippen molar-refractivity contribution in [2.45, 2.75) is 80.1 Å². The molecule has 0 N–H and O–H groups in total. The number of rotatable bonds is 9. The summed E-state index contributed by atoms with van der Waals surface area (Å²) in [6.45, 7) is 13.7. The van der Waals surface area contributed by atoms with Crippen molar-refractivity contribution in [2.75, 3.05) is 0 Å². The van der Waals surface area contributed by atoms with Crippen molar-refractivity contribution in [2.24, 2.45) is 11.8 Å². The molecule has 0 bridgehead atoms. The Bertz CT molecular complexity index is 253. The molecule has 0 saturated heterocycles. The zero-order valence-electron chi connectivity index (χ0n) is 13.6. The number of allylic oxidation sites excluding steroid dienone is 4. The van der Waals surface area contributed by atoms with Gasteiger partial charge in [0.2, 0.25) is 0 Å². The van der Waals surface area contributed by atoms with Crippen LogP contribution in [0.25, 0.3) is 0 Å². The zero-order chi connectivity index (χ0) is 14.0. The van der Waals surface area contributed by atoms with Crippen molar-refractivity contribution < 1.29 is 0 Å². The van der Waals surface area contributed by atoms with E-state index in [0.717, 1.165) is 11.8 Å². The molecule has 0 aromatic carbocycles. The van der Waals surface area contributed by atoms with E-state index in [4.69, 9.17) is 0 Å². The van der Waals surface area contributed by atoms with Crippen LogP contribution in [0.2, 0.25) is 0 Å². The molecule has 0 spiro atoms. The van der Waals surface area contributed by atoms with Crippen LogP contribution in [0.3, 0.4) is 0 Å². The third-order valence-corrected chi connectivity index (χ3v) is 3.32. The number of hydrogen-bond donors (Lipinski definition) is 0. The Morgan fingerprint density at radius 2 is 1.44 bits per heavy atom. The van der Waals surface area contributed by atoms with Crippen molar-refractivity contribution in [3.63, 3.8) is 0 Å². The SMILES string of the molecule is C/C(=C\CC(C)C)CC/C=C(\C)CCCC(C)C. The predicted octanol–water partition coefficient (Wildman–Crippen LogP) is 6.53. The Hall–Kier alpha value is -0.520. The van der Waals surface area contributed by atoms with Gasteiger partial charge in [0.25, 0.3) is 0 Å². The second-order valence-electron chi connectivity index (χ2n) is 6.56. The first kappa shape index (κ1) is 17.5. The summed E-state index contributed by atoms with van der Waals surface area (Å²) < 4.78 is 0. The largest absolute Gasteiger partial charge is 0.0853 e. The molecule has 0 rings (SSSR count). The molecule has 0 amide bonds. The van der Waals surface area contributed by atoms with E-state index in [0.29, 0.717) is 0 Å². The summed E-state index contributed by atoms with van der Waals surface area (Å²) >= 11 is 0. The van der Waals surface area contributed by atoms with Gasteiger partial charge in [0.15, 0.2) is 0 Å². The summed E-state index contributed by atoms with van der Waals surface area (Å²) in [6.07, 6.45) is 12.5. The lowest BCUT2D eigenvalue weighted by Gasteiger charge is -2.05. The smallest absolute Gasteiger partial charge is 0.0288 e. The third kappa shape index (κ3) is 12.0. The summed E-state index contributed by atoms with van der Waals surface area (Å²) in [6, 6.07) is 0. The maximum Gasteiger partial charge on any atom is -0.0288 e. The highest BCUT2D eigenvalue weighted by Crippen LogP contribution is 2.14. The van der Waals surface area contributed by atoms with Crippen LogP contribution in [0, 0.1) is 11.8 Å². The van der Waals surface area contributed by atoms with Crippen molar-refractivity contribution in [3.05, 3.63) is 23.3 Å². The van der Waals surface area contributed by atoms with Crippen LogP contribution in [-0.4, -0.2) is 0 Å². The van der Waals surface area contributed by atoms with Crippen LogP contribution in [0.15, 0.2) is 23.3 Å². The molecule has 0 aromatic rings. The molecule has 0 unspecified atom stereocenters. The minimum absolute atomic E-state index is 0.785. The van der Waals surface area contributed by atoms with Gasteiger partial charge in [0.1, 0.15) is 0 Å². The molecule has 106 valence electrons. The van der Waals surface area contributed by atoms with Crippen LogP contribution in [0.4, 0.5) is 0 Å². The minimum Gasteiger partial charge on any atom is -0.0853 e. The van der Waals surface area contributed by atoms with Gasteiger partial charge in [-0.05, 0) is 57.8 Å². The van der Waals surface area contributed by atoms with Gasteiger partial charge in [0, 0.05) is 0 Å². The fourth-order valence-corrected chi connectivity index (χ4v) is 1.98. The first-order valence-electron chi connectivity index (χ1n) is 7.73. The standard InChI is InChI=1S/C18H34/c1-15(2)9-7-10-17(5)11-8-12-18(6)14-13-16(3)4/h11,14-16H,7-10,12-13H2,1-6H3/b17-11+,18-14+.